The molecule has 1 atom stereocenters. The van der Waals surface area contributed by atoms with Crippen LogP contribution in [-0.2, 0) is 0 Å². The first-order chi connectivity index (χ1) is 5.29. The van der Waals surface area contributed by atoms with Gasteiger partial charge < -0.3 is 4.90 Å². The predicted octanol–water partition coefficient (Wildman–Crippen LogP) is 0.449. The zero-order valence-corrected chi connectivity index (χ0v) is 6.60. The zero-order chi connectivity index (χ0) is 7.84. The van der Waals surface area contributed by atoms with Gasteiger partial charge in [0.1, 0.15) is 5.84 Å². The number of hydrazone groups is 1. The lowest BCUT2D eigenvalue weighted by atomic mass is 10.5. The van der Waals surface area contributed by atoms with Gasteiger partial charge in [-0.25, -0.2) is 10.0 Å². The maximum Gasteiger partial charge on any atom is 0.218 e. The first-order valence-electron chi connectivity index (χ1n) is 3.55. The number of allylic oxidation sites excluding steroid dienone is 1. The van der Waals surface area contributed by atoms with Gasteiger partial charge in [0.15, 0.2) is 0 Å². The zero-order valence-electron chi connectivity index (χ0n) is 6.60. The summed E-state index contributed by atoms with van der Waals surface area (Å²) in [7, 11) is 1.99. The van der Waals surface area contributed by atoms with E-state index in [4.69, 9.17) is 0 Å². The van der Waals surface area contributed by atoms with Crippen LogP contribution in [0.1, 0.15) is 6.92 Å². The Labute approximate surface area is 65.5 Å². The van der Waals surface area contributed by atoms with Crippen molar-refractivity contribution in [2.45, 2.75) is 13.2 Å². The van der Waals surface area contributed by atoms with Gasteiger partial charge in [-0.1, -0.05) is 0 Å². The Morgan fingerprint density at radius 2 is 2.36 bits per heavy atom. The molecule has 2 aliphatic rings. The predicted molar refractivity (Wildman–Crippen MR) is 44.1 cm³/mol. The lowest BCUT2D eigenvalue weighted by molar-refractivity contribution is 0.212. The summed E-state index contributed by atoms with van der Waals surface area (Å²) in [6.45, 7) is 1.97. The Hall–Kier alpha value is -1.32. The van der Waals surface area contributed by atoms with Gasteiger partial charge in [0.25, 0.3) is 0 Å². The fraction of sp³-hybridized carbons (Fsp3) is 0.429. The Morgan fingerprint density at radius 1 is 1.55 bits per heavy atom. The molecule has 4 heteroatoms. The van der Waals surface area contributed by atoms with Crippen molar-refractivity contribution in [2.24, 2.45) is 10.1 Å². The van der Waals surface area contributed by atoms with Gasteiger partial charge in [-0.15, -0.1) is 0 Å². The van der Waals surface area contributed by atoms with Crippen LogP contribution in [0.15, 0.2) is 22.4 Å². The molecule has 0 bridgehead atoms. The average Bonchev–Trinajstić information content (AvgIpc) is 2.30. The van der Waals surface area contributed by atoms with Crippen LogP contribution in [-0.4, -0.2) is 35.3 Å². The number of hydrogen-bond donors (Lipinski definition) is 0. The third kappa shape index (κ3) is 0.824. The minimum absolute atomic E-state index is 0.0556. The molecule has 58 valence electrons. The Kier molecular flexibility index (Phi) is 1.21. The van der Waals surface area contributed by atoms with Crippen molar-refractivity contribution in [3.8, 4) is 0 Å². The second kappa shape index (κ2) is 2.08. The van der Waals surface area contributed by atoms with Crippen LogP contribution >= 0.6 is 0 Å². The van der Waals surface area contributed by atoms with E-state index < -0.39 is 0 Å². The third-order valence-electron chi connectivity index (χ3n) is 1.90. The van der Waals surface area contributed by atoms with Crippen LogP contribution in [0.5, 0.6) is 0 Å². The first-order valence-corrected chi connectivity index (χ1v) is 3.55. The molecule has 0 aromatic heterocycles. The summed E-state index contributed by atoms with van der Waals surface area (Å²) in [6, 6.07) is 0. The Morgan fingerprint density at radius 3 is 3.09 bits per heavy atom. The van der Waals surface area contributed by atoms with Crippen LogP contribution in [0.25, 0.3) is 0 Å². The lowest BCUT2D eigenvalue weighted by Crippen LogP contribution is -2.36. The molecule has 0 saturated heterocycles. The molecule has 0 fully saturated rings. The van der Waals surface area contributed by atoms with Gasteiger partial charge in [0, 0.05) is 19.5 Å². The van der Waals surface area contributed by atoms with Gasteiger partial charge in [0.05, 0.1) is 0 Å². The average molecular weight is 150 g/mol. The highest BCUT2D eigenvalue weighted by atomic mass is 15.6. The van der Waals surface area contributed by atoms with E-state index in [0.29, 0.717) is 0 Å². The van der Waals surface area contributed by atoms with Crippen molar-refractivity contribution in [3.63, 3.8) is 0 Å². The number of amidine groups is 1. The largest absolute Gasteiger partial charge is 0.321 e. The van der Waals surface area contributed by atoms with E-state index in [1.165, 1.54) is 0 Å². The van der Waals surface area contributed by atoms with E-state index in [0.717, 1.165) is 5.84 Å². The van der Waals surface area contributed by atoms with Gasteiger partial charge in [-0.3, -0.25) is 0 Å². The Bertz CT molecular complexity index is 253. The molecule has 0 radical (unpaired) electrons. The first kappa shape index (κ1) is 6.39. The molecule has 0 N–H and O–H groups in total. The molecule has 0 spiro atoms. The van der Waals surface area contributed by atoms with Gasteiger partial charge in [0.2, 0.25) is 6.29 Å². The molecule has 2 heterocycles. The maximum absolute atomic E-state index is 4.27. The summed E-state index contributed by atoms with van der Waals surface area (Å²) >= 11 is 0. The normalized spacial score (nSPS) is 27.5. The molecular formula is C7H10N4. The molecule has 4 nitrogen and oxygen atoms in total. The Balaban J connectivity index is 2.29. The molecule has 1 unspecified atom stereocenters. The van der Waals surface area contributed by atoms with E-state index in [2.05, 4.69) is 10.1 Å². The molecule has 0 aromatic carbocycles. The fourth-order valence-corrected chi connectivity index (χ4v) is 1.17. The summed E-state index contributed by atoms with van der Waals surface area (Å²) in [4.78, 5) is 6.28. The highest BCUT2D eigenvalue weighted by Gasteiger charge is 2.27. The van der Waals surface area contributed by atoms with Crippen molar-refractivity contribution >= 4 is 12.1 Å². The number of fused-ring (bicyclic) bond motifs is 1. The second-order valence-corrected chi connectivity index (χ2v) is 2.62. The van der Waals surface area contributed by atoms with Crippen molar-refractivity contribution in [3.05, 3.63) is 12.3 Å². The lowest BCUT2D eigenvalue weighted by Gasteiger charge is -2.23. The van der Waals surface area contributed by atoms with E-state index >= 15 is 0 Å². The van der Waals surface area contributed by atoms with Crippen molar-refractivity contribution < 1.29 is 0 Å². The molecule has 0 saturated carbocycles. The van der Waals surface area contributed by atoms with E-state index in [9.17, 15) is 0 Å². The molecule has 0 aromatic rings. The summed E-state index contributed by atoms with van der Waals surface area (Å²) in [6.07, 6.45) is 5.66. The maximum atomic E-state index is 4.27. The van der Waals surface area contributed by atoms with Crippen molar-refractivity contribution in [1.29, 1.82) is 0 Å². The van der Waals surface area contributed by atoms with Crippen molar-refractivity contribution in [1.82, 2.24) is 9.91 Å². The molecule has 0 aliphatic carbocycles. The quantitative estimate of drug-likeness (QED) is 0.502. The monoisotopic (exact) mass is 150 g/mol. The van der Waals surface area contributed by atoms with Crippen LogP contribution in [0.3, 0.4) is 0 Å². The van der Waals surface area contributed by atoms with Crippen LogP contribution < -0.4 is 0 Å². The van der Waals surface area contributed by atoms with Gasteiger partial charge >= 0.3 is 0 Å². The van der Waals surface area contributed by atoms with Crippen molar-refractivity contribution in [2.75, 3.05) is 7.05 Å². The summed E-state index contributed by atoms with van der Waals surface area (Å²) in [5.74, 6) is 0.999. The summed E-state index contributed by atoms with van der Waals surface area (Å²) in [5.41, 5.74) is 0. The highest BCUT2D eigenvalue weighted by molar-refractivity contribution is 5.82. The fourth-order valence-electron chi connectivity index (χ4n) is 1.17. The second-order valence-electron chi connectivity index (χ2n) is 2.62. The molecular weight excluding hydrogens is 140 g/mol. The molecule has 2 rings (SSSR count). The minimum atomic E-state index is 0.0556. The number of hydrogen-bond acceptors (Lipinski definition) is 4. The van der Waals surface area contributed by atoms with Crippen LogP contribution in [0, 0.1) is 0 Å². The number of aliphatic imine (C=N–C) groups is 1. The van der Waals surface area contributed by atoms with E-state index in [-0.39, 0.29) is 6.29 Å². The third-order valence-corrected chi connectivity index (χ3v) is 1.90. The molecule has 2 aliphatic heterocycles. The molecule has 11 heavy (non-hydrogen) atoms. The SMILES string of the molecule is CC1=NN2C=CC=NC2N1C. The van der Waals surface area contributed by atoms with Gasteiger partial charge in [-0.2, -0.15) is 5.10 Å². The standard InChI is InChI=1S/C7H10N4/c1-6-9-11-5-3-4-8-7(11)10(6)2/h3-5,7H,1-2H3. The van der Waals surface area contributed by atoms with Crippen LogP contribution in [0.2, 0.25) is 0 Å². The van der Waals surface area contributed by atoms with Gasteiger partial charge in [-0.05, 0) is 13.0 Å². The highest BCUT2D eigenvalue weighted by Crippen LogP contribution is 2.17. The minimum Gasteiger partial charge on any atom is -0.321 e. The van der Waals surface area contributed by atoms with E-state index in [1.807, 2.05) is 36.2 Å². The molecule has 0 amide bonds. The smallest absolute Gasteiger partial charge is 0.218 e. The topological polar surface area (TPSA) is 31.2 Å². The number of rotatable bonds is 0. The van der Waals surface area contributed by atoms with E-state index in [1.54, 1.807) is 6.21 Å². The summed E-state index contributed by atoms with van der Waals surface area (Å²) < 4.78 is 0. The van der Waals surface area contributed by atoms with Crippen LogP contribution in [0.4, 0.5) is 0 Å². The summed E-state index contributed by atoms with van der Waals surface area (Å²) in [5, 5.41) is 6.11. The number of nitrogens with zero attached hydrogens (tertiary/aromatic N) is 4.